The van der Waals surface area contributed by atoms with Crippen LogP contribution in [0, 0.1) is 0 Å². The fourth-order valence-electron chi connectivity index (χ4n) is 2.05. The lowest BCUT2D eigenvalue weighted by Gasteiger charge is -2.17. The molecule has 0 spiro atoms. The molecule has 1 amide bonds. The number of benzene rings is 1. The highest BCUT2D eigenvalue weighted by atomic mass is 79.9. The fraction of sp³-hybridized carbons (Fsp3) is 0.0769. The van der Waals surface area contributed by atoms with Gasteiger partial charge in [-0.15, -0.1) is 0 Å². The highest BCUT2D eigenvalue weighted by molar-refractivity contribution is 9.10. The molecule has 3 nitrogen and oxygen atoms in total. The van der Waals surface area contributed by atoms with E-state index < -0.39 is 0 Å². The van der Waals surface area contributed by atoms with Crippen molar-refractivity contribution in [2.75, 3.05) is 4.90 Å². The van der Waals surface area contributed by atoms with Crippen LogP contribution in [0.15, 0.2) is 47.2 Å². The monoisotopic (exact) mass is 288 g/mol. The van der Waals surface area contributed by atoms with Crippen LogP contribution in [0.5, 0.6) is 0 Å². The van der Waals surface area contributed by atoms with Gasteiger partial charge >= 0.3 is 0 Å². The number of anilines is 2. The molecule has 0 saturated heterocycles. The van der Waals surface area contributed by atoms with Crippen molar-refractivity contribution in [1.82, 2.24) is 4.98 Å². The molecule has 0 fully saturated rings. The standard InChI is InChI=1S/C13H9BrN2O/c14-10-2-1-9-7-13(17)16(12(9)8-10)11-3-5-15-6-4-11/h1-6,8H,7H2. The molecule has 1 aliphatic rings. The van der Waals surface area contributed by atoms with E-state index in [-0.39, 0.29) is 5.91 Å². The van der Waals surface area contributed by atoms with Crippen LogP contribution in [-0.2, 0) is 11.2 Å². The molecular weight excluding hydrogens is 280 g/mol. The lowest BCUT2D eigenvalue weighted by atomic mass is 10.2. The van der Waals surface area contributed by atoms with Crippen LogP contribution in [0.4, 0.5) is 11.4 Å². The summed E-state index contributed by atoms with van der Waals surface area (Å²) in [6, 6.07) is 9.60. The number of fused-ring (bicyclic) bond motifs is 1. The zero-order valence-electron chi connectivity index (χ0n) is 8.93. The van der Waals surface area contributed by atoms with Crippen molar-refractivity contribution in [2.24, 2.45) is 0 Å². The molecule has 0 radical (unpaired) electrons. The lowest BCUT2D eigenvalue weighted by molar-refractivity contribution is -0.116. The molecule has 0 N–H and O–H groups in total. The zero-order chi connectivity index (χ0) is 11.8. The number of hydrogen-bond donors (Lipinski definition) is 0. The number of halogens is 1. The highest BCUT2D eigenvalue weighted by Crippen LogP contribution is 2.36. The van der Waals surface area contributed by atoms with Crippen LogP contribution < -0.4 is 4.90 Å². The van der Waals surface area contributed by atoms with E-state index in [0.717, 1.165) is 21.4 Å². The highest BCUT2D eigenvalue weighted by Gasteiger charge is 2.28. The van der Waals surface area contributed by atoms with Crippen molar-refractivity contribution in [3.8, 4) is 0 Å². The maximum Gasteiger partial charge on any atom is 0.236 e. The molecule has 4 heteroatoms. The van der Waals surface area contributed by atoms with Crippen molar-refractivity contribution < 1.29 is 4.79 Å². The topological polar surface area (TPSA) is 33.2 Å². The minimum absolute atomic E-state index is 0.101. The number of rotatable bonds is 1. The summed E-state index contributed by atoms with van der Waals surface area (Å²) in [5.74, 6) is 0.101. The van der Waals surface area contributed by atoms with Gasteiger partial charge in [0, 0.05) is 16.9 Å². The molecule has 1 aliphatic heterocycles. The number of nitrogens with zero attached hydrogens (tertiary/aromatic N) is 2. The van der Waals surface area contributed by atoms with Crippen LogP contribution in [0.2, 0.25) is 0 Å². The van der Waals surface area contributed by atoms with Gasteiger partial charge in [0.15, 0.2) is 0 Å². The number of amides is 1. The molecule has 0 atom stereocenters. The van der Waals surface area contributed by atoms with E-state index in [1.165, 1.54) is 0 Å². The van der Waals surface area contributed by atoms with Crippen LogP contribution >= 0.6 is 15.9 Å². The Hall–Kier alpha value is -1.68. The zero-order valence-corrected chi connectivity index (χ0v) is 10.5. The van der Waals surface area contributed by atoms with Gasteiger partial charge in [0.05, 0.1) is 17.8 Å². The van der Waals surface area contributed by atoms with Crippen LogP contribution in [0.1, 0.15) is 5.56 Å². The molecule has 1 aromatic carbocycles. The first-order valence-corrected chi connectivity index (χ1v) is 6.06. The first-order chi connectivity index (χ1) is 8.25. The van der Waals surface area contributed by atoms with E-state index in [4.69, 9.17) is 0 Å². The van der Waals surface area contributed by atoms with Gasteiger partial charge in [0.25, 0.3) is 0 Å². The van der Waals surface area contributed by atoms with E-state index >= 15 is 0 Å². The molecule has 0 unspecified atom stereocenters. The molecule has 2 aromatic rings. The average Bonchev–Trinajstić information content (AvgIpc) is 2.65. The number of pyridine rings is 1. The molecule has 0 aliphatic carbocycles. The van der Waals surface area contributed by atoms with Gasteiger partial charge in [-0.25, -0.2) is 0 Å². The fourth-order valence-corrected chi connectivity index (χ4v) is 2.40. The molecule has 1 aromatic heterocycles. The Bertz CT molecular complexity index is 583. The molecule has 3 rings (SSSR count). The normalized spacial score (nSPS) is 13.9. The SMILES string of the molecule is O=C1Cc2ccc(Br)cc2N1c1ccncc1. The van der Waals surface area contributed by atoms with Gasteiger partial charge < -0.3 is 0 Å². The molecule has 0 bridgehead atoms. The summed E-state index contributed by atoms with van der Waals surface area (Å²) in [7, 11) is 0. The molecule has 84 valence electrons. The number of aromatic nitrogens is 1. The van der Waals surface area contributed by atoms with Crippen molar-refractivity contribution in [3.63, 3.8) is 0 Å². The van der Waals surface area contributed by atoms with Gasteiger partial charge in [-0.2, -0.15) is 0 Å². The first kappa shape index (κ1) is 10.5. The Balaban J connectivity index is 2.14. The molecule has 2 heterocycles. The second kappa shape index (κ2) is 3.96. The Labute approximate surface area is 107 Å². The number of carbonyl (C=O) groups is 1. The number of carbonyl (C=O) groups excluding carboxylic acids is 1. The summed E-state index contributed by atoms with van der Waals surface area (Å²) in [6.07, 6.45) is 3.85. The minimum Gasteiger partial charge on any atom is -0.280 e. The number of hydrogen-bond acceptors (Lipinski definition) is 2. The molecule has 0 saturated carbocycles. The average molecular weight is 289 g/mol. The van der Waals surface area contributed by atoms with Gasteiger partial charge in [-0.05, 0) is 29.8 Å². The van der Waals surface area contributed by atoms with Gasteiger partial charge in [-0.1, -0.05) is 22.0 Å². The molecular formula is C13H9BrN2O. The summed E-state index contributed by atoms with van der Waals surface area (Å²) in [5.41, 5.74) is 2.88. The maximum absolute atomic E-state index is 12.0. The third kappa shape index (κ3) is 1.74. The Morgan fingerprint density at radius 2 is 1.94 bits per heavy atom. The van der Waals surface area contributed by atoms with Crippen molar-refractivity contribution in [1.29, 1.82) is 0 Å². The maximum atomic E-state index is 12.0. The lowest BCUT2D eigenvalue weighted by Crippen LogP contribution is -2.20. The van der Waals surface area contributed by atoms with E-state index in [1.54, 1.807) is 17.3 Å². The summed E-state index contributed by atoms with van der Waals surface area (Å²) >= 11 is 3.43. The van der Waals surface area contributed by atoms with Crippen LogP contribution in [0.25, 0.3) is 0 Å². The van der Waals surface area contributed by atoms with Gasteiger partial charge in [-0.3, -0.25) is 14.7 Å². The van der Waals surface area contributed by atoms with E-state index in [1.807, 2.05) is 30.3 Å². The van der Waals surface area contributed by atoms with E-state index in [2.05, 4.69) is 20.9 Å². The second-order valence-corrected chi connectivity index (χ2v) is 4.80. The van der Waals surface area contributed by atoms with Crippen molar-refractivity contribution in [3.05, 3.63) is 52.8 Å². The van der Waals surface area contributed by atoms with Crippen molar-refractivity contribution in [2.45, 2.75) is 6.42 Å². The Morgan fingerprint density at radius 1 is 1.18 bits per heavy atom. The largest absolute Gasteiger partial charge is 0.280 e. The van der Waals surface area contributed by atoms with Gasteiger partial charge in [0.1, 0.15) is 0 Å². The predicted molar refractivity (Wildman–Crippen MR) is 69.2 cm³/mol. The third-order valence-corrected chi connectivity index (χ3v) is 3.29. The predicted octanol–water partition coefficient (Wildman–Crippen LogP) is 3.06. The van der Waals surface area contributed by atoms with E-state index in [9.17, 15) is 4.79 Å². The summed E-state index contributed by atoms with van der Waals surface area (Å²) in [4.78, 5) is 17.7. The quantitative estimate of drug-likeness (QED) is 0.808. The minimum atomic E-state index is 0.101. The second-order valence-electron chi connectivity index (χ2n) is 3.88. The summed E-state index contributed by atoms with van der Waals surface area (Å²) in [6.45, 7) is 0. The summed E-state index contributed by atoms with van der Waals surface area (Å²) < 4.78 is 0.977. The van der Waals surface area contributed by atoms with Crippen LogP contribution in [-0.4, -0.2) is 10.9 Å². The Kier molecular flexibility index (Phi) is 2.44. The van der Waals surface area contributed by atoms with Gasteiger partial charge in [0.2, 0.25) is 5.91 Å². The third-order valence-electron chi connectivity index (χ3n) is 2.80. The first-order valence-electron chi connectivity index (χ1n) is 5.27. The smallest absolute Gasteiger partial charge is 0.236 e. The van der Waals surface area contributed by atoms with Crippen molar-refractivity contribution >= 4 is 33.2 Å². The van der Waals surface area contributed by atoms with E-state index in [0.29, 0.717) is 6.42 Å². The van der Waals surface area contributed by atoms with Crippen LogP contribution in [0.3, 0.4) is 0 Å². The summed E-state index contributed by atoms with van der Waals surface area (Å²) in [5, 5.41) is 0. The Morgan fingerprint density at radius 3 is 2.71 bits per heavy atom. The molecule has 17 heavy (non-hydrogen) atoms.